The van der Waals surface area contributed by atoms with Gasteiger partial charge in [-0.15, -0.1) is 11.8 Å². The molecule has 1 aliphatic rings. The largest absolute Gasteiger partial charge is 0.456 e. The van der Waals surface area contributed by atoms with Gasteiger partial charge >= 0.3 is 5.97 Å². The number of aromatic nitrogens is 3. The number of pyridine rings is 3. The van der Waals surface area contributed by atoms with Gasteiger partial charge in [-0.25, -0.2) is 19.7 Å². The average Bonchev–Trinajstić information content (AvgIpc) is 2.64. The maximum absolute atomic E-state index is 12.2. The predicted molar refractivity (Wildman–Crippen MR) is 119 cm³/mol. The van der Waals surface area contributed by atoms with E-state index in [4.69, 9.17) is 10.5 Å². The first-order valence-corrected chi connectivity index (χ1v) is 10.9. The van der Waals surface area contributed by atoms with Crippen molar-refractivity contribution in [1.82, 2.24) is 15.0 Å². The first kappa shape index (κ1) is 20.6. The summed E-state index contributed by atoms with van der Waals surface area (Å²) in [4.78, 5) is 25.9. The standard InChI is InChI=1S/C22H25N5O2S/c1-21(2)9-16-12(20(28)29-21)6-7-17(26-16)27-18-8-13-14(10-24-18)19(30-5)25-11-15(13)22(3,4)23/h6-8,10-11H,9,23H2,1-5H3,(H,24,26,27). The Morgan fingerprint density at radius 1 is 1.17 bits per heavy atom. The lowest BCUT2D eigenvalue weighted by molar-refractivity contribution is -0.00714. The highest BCUT2D eigenvalue weighted by Crippen LogP contribution is 2.33. The molecule has 4 rings (SSSR count). The van der Waals surface area contributed by atoms with Crippen LogP contribution in [0.15, 0.2) is 35.6 Å². The van der Waals surface area contributed by atoms with E-state index in [0.29, 0.717) is 23.6 Å². The Balaban J connectivity index is 1.74. The van der Waals surface area contributed by atoms with Crippen LogP contribution in [-0.4, -0.2) is 32.8 Å². The summed E-state index contributed by atoms with van der Waals surface area (Å²) in [5.41, 5.74) is 7.45. The monoisotopic (exact) mass is 423 g/mol. The molecule has 8 heteroatoms. The first-order chi connectivity index (χ1) is 14.1. The molecule has 0 spiro atoms. The molecule has 0 aromatic carbocycles. The van der Waals surface area contributed by atoms with Gasteiger partial charge in [0.15, 0.2) is 0 Å². The van der Waals surface area contributed by atoms with Crippen molar-refractivity contribution in [2.75, 3.05) is 11.6 Å². The molecule has 0 amide bonds. The SMILES string of the molecule is CSc1ncc(C(C)(C)N)c2cc(Nc3ccc4c(n3)CC(C)(C)OC4=O)ncc12. The third-order valence-corrected chi connectivity index (χ3v) is 5.75. The second-order valence-electron chi connectivity index (χ2n) is 8.66. The Labute approximate surface area is 179 Å². The number of ether oxygens (including phenoxy) is 1. The molecule has 0 atom stereocenters. The molecule has 7 nitrogen and oxygen atoms in total. The Bertz CT molecular complexity index is 1150. The van der Waals surface area contributed by atoms with Crippen molar-refractivity contribution in [3.8, 4) is 0 Å². The van der Waals surface area contributed by atoms with Crippen LogP contribution in [0.5, 0.6) is 0 Å². The lowest BCUT2D eigenvalue weighted by atomic mass is 9.93. The molecule has 0 aliphatic carbocycles. The van der Waals surface area contributed by atoms with E-state index in [1.165, 1.54) is 0 Å². The van der Waals surface area contributed by atoms with Gasteiger partial charge in [0, 0.05) is 29.7 Å². The Morgan fingerprint density at radius 2 is 1.93 bits per heavy atom. The topological polar surface area (TPSA) is 103 Å². The number of hydrogen-bond acceptors (Lipinski definition) is 8. The fraction of sp³-hybridized carbons (Fsp3) is 0.364. The number of cyclic esters (lactones) is 1. The van der Waals surface area contributed by atoms with E-state index in [1.54, 1.807) is 23.9 Å². The summed E-state index contributed by atoms with van der Waals surface area (Å²) < 4.78 is 5.44. The molecular formula is C22H25N5O2S. The zero-order valence-corrected chi connectivity index (χ0v) is 18.6. The second-order valence-corrected chi connectivity index (χ2v) is 9.45. The van der Waals surface area contributed by atoms with Crippen LogP contribution in [0.2, 0.25) is 0 Å². The van der Waals surface area contributed by atoms with Crippen molar-refractivity contribution in [1.29, 1.82) is 0 Å². The smallest absolute Gasteiger partial charge is 0.340 e. The second kappa shape index (κ2) is 7.21. The van der Waals surface area contributed by atoms with Gasteiger partial charge in [0.25, 0.3) is 0 Å². The number of anilines is 2. The van der Waals surface area contributed by atoms with Gasteiger partial charge in [-0.3, -0.25) is 0 Å². The molecule has 3 N–H and O–H groups in total. The molecule has 0 saturated heterocycles. The predicted octanol–water partition coefficient (Wildman–Crippen LogP) is 4.18. The zero-order valence-electron chi connectivity index (χ0n) is 17.7. The number of carbonyl (C=O) groups excluding carboxylic acids is 1. The van der Waals surface area contributed by atoms with Crippen LogP contribution >= 0.6 is 11.8 Å². The highest BCUT2D eigenvalue weighted by Gasteiger charge is 2.33. The van der Waals surface area contributed by atoms with Crippen LogP contribution in [0, 0.1) is 0 Å². The van der Waals surface area contributed by atoms with Crippen molar-refractivity contribution in [3.05, 3.63) is 47.4 Å². The average molecular weight is 424 g/mol. The molecular weight excluding hydrogens is 398 g/mol. The fourth-order valence-electron chi connectivity index (χ4n) is 3.62. The number of fused-ring (bicyclic) bond motifs is 2. The van der Waals surface area contributed by atoms with Gasteiger partial charge in [0.2, 0.25) is 0 Å². The molecule has 0 saturated carbocycles. The number of hydrogen-bond donors (Lipinski definition) is 2. The minimum atomic E-state index is -0.570. The zero-order chi connectivity index (χ0) is 21.7. The van der Waals surface area contributed by atoms with Crippen molar-refractivity contribution < 1.29 is 9.53 Å². The van der Waals surface area contributed by atoms with Crippen molar-refractivity contribution in [3.63, 3.8) is 0 Å². The number of rotatable bonds is 4. The van der Waals surface area contributed by atoms with E-state index < -0.39 is 11.1 Å². The molecule has 0 fully saturated rings. The molecule has 30 heavy (non-hydrogen) atoms. The van der Waals surface area contributed by atoms with Gasteiger partial charge < -0.3 is 15.8 Å². The van der Waals surface area contributed by atoms with Crippen LogP contribution in [0.1, 0.15) is 49.3 Å². The third-order valence-electron chi connectivity index (χ3n) is 5.04. The summed E-state index contributed by atoms with van der Waals surface area (Å²) in [6.45, 7) is 7.69. The first-order valence-electron chi connectivity index (χ1n) is 9.70. The van der Waals surface area contributed by atoms with Crippen LogP contribution in [-0.2, 0) is 16.7 Å². The van der Waals surface area contributed by atoms with E-state index in [0.717, 1.165) is 27.1 Å². The third kappa shape index (κ3) is 3.85. The Kier molecular flexibility index (Phi) is 4.94. The lowest BCUT2D eigenvalue weighted by Crippen LogP contribution is -2.36. The normalized spacial score (nSPS) is 15.6. The van der Waals surface area contributed by atoms with Gasteiger partial charge in [-0.05, 0) is 63.1 Å². The van der Waals surface area contributed by atoms with E-state index in [-0.39, 0.29) is 5.97 Å². The van der Waals surface area contributed by atoms with Gasteiger partial charge in [-0.1, -0.05) is 0 Å². The molecule has 0 unspecified atom stereocenters. The van der Waals surface area contributed by atoms with E-state index in [9.17, 15) is 4.79 Å². The maximum atomic E-state index is 12.2. The summed E-state index contributed by atoms with van der Waals surface area (Å²) in [5.74, 6) is 0.936. The maximum Gasteiger partial charge on any atom is 0.340 e. The number of nitrogens with two attached hydrogens (primary N) is 1. The highest BCUT2D eigenvalue weighted by atomic mass is 32.2. The molecule has 3 aromatic rings. The summed E-state index contributed by atoms with van der Waals surface area (Å²) in [6.07, 6.45) is 6.20. The summed E-state index contributed by atoms with van der Waals surface area (Å²) >= 11 is 1.57. The van der Waals surface area contributed by atoms with E-state index in [1.807, 2.05) is 52.4 Å². The number of nitrogens with one attached hydrogen (secondary N) is 1. The Hall–Kier alpha value is -2.71. The van der Waals surface area contributed by atoms with E-state index >= 15 is 0 Å². The number of nitrogens with zero attached hydrogens (tertiary/aromatic N) is 3. The quantitative estimate of drug-likeness (QED) is 0.476. The van der Waals surface area contributed by atoms with Crippen molar-refractivity contribution in [2.24, 2.45) is 5.73 Å². The molecule has 156 valence electrons. The number of carbonyl (C=O) groups is 1. The summed E-state index contributed by atoms with van der Waals surface area (Å²) in [6, 6.07) is 5.48. The van der Waals surface area contributed by atoms with Crippen LogP contribution < -0.4 is 11.1 Å². The Morgan fingerprint density at radius 3 is 2.63 bits per heavy atom. The van der Waals surface area contributed by atoms with Gasteiger partial charge in [0.05, 0.1) is 11.3 Å². The van der Waals surface area contributed by atoms with Crippen molar-refractivity contribution >= 4 is 40.1 Å². The summed E-state index contributed by atoms with van der Waals surface area (Å²) in [5, 5.41) is 6.14. The number of esters is 1. The highest BCUT2D eigenvalue weighted by molar-refractivity contribution is 7.98. The van der Waals surface area contributed by atoms with Crippen LogP contribution in [0.25, 0.3) is 10.8 Å². The van der Waals surface area contributed by atoms with Gasteiger partial charge in [-0.2, -0.15) is 0 Å². The molecule has 0 radical (unpaired) electrons. The molecule has 4 heterocycles. The minimum absolute atomic E-state index is 0.337. The molecule has 0 bridgehead atoms. The minimum Gasteiger partial charge on any atom is -0.456 e. The van der Waals surface area contributed by atoms with E-state index in [2.05, 4.69) is 20.3 Å². The fourth-order valence-corrected chi connectivity index (χ4v) is 4.16. The van der Waals surface area contributed by atoms with Crippen LogP contribution in [0.4, 0.5) is 11.6 Å². The lowest BCUT2D eigenvalue weighted by Gasteiger charge is -2.30. The van der Waals surface area contributed by atoms with Gasteiger partial charge in [0.1, 0.15) is 22.3 Å². The molecule has 3 aromatic heterocycles. The molecule has 1 aliphatic heterocycles. The van der Waals surface area contributed by atoms with Crippen LogP contribution in [0.3, 0.4) is 0 Å². The number of thioether (sulfide) groups is 1. The van der Waals surface area contributed by atoms with Crippen molar-refractivity contribution in [2.45, 2.75) is 50.3 Å². The summed E-state index contributed by atoms with van der Waals surface area (Å²) in [7, 11) is 0.